The Bertz CT molecular complexity index is 1910. The molecule has 7 nitrogen and oxygen atoms in total. The van der Waals surface area contributed by atoms with Gasteiger partial charge in [0.1, 0.15) is 30.0 Å². The lowest BCUT2D eigenvalue weighted by molar-refractivity contribution is 0.0469. The summed E-state index contributed by atoms with van der Waals surface area (Å²) < 4.78 is 6.85. The van der Waals surface area contributed by atoms with Gasteiger partial charge in [0, 0.05) is 23.5 Å². The zero-order valence-corrected chi connectivity index (χ0v) is 21.5. The van der Waals surface area contributed by atoms with Gasteiger partial charge in [-0.1, -0.05) is 78.4 Å². The third-order valence-corrected chi connectivity index (χ3v) is 6.97. The molecule has 0 aliphatic heterocycles. The van der Waals surface area contributed by atoms with Gasteiger partial charge < -0.3 is 14.9 Å². The van der Waals surface area contributed by atoms with Gasteiger partial charge in [0.05, 0.1) is 5.56 Å². The zero-order valence-electron chi connectivity index (χ0n) is 21.5. The van der Waals surface area contributed by atoms with E-state index in [0.29, 0.717) is 21.5 Å². The van der Waals surface area contributed by atoms with Crippen LogP contribution in [0.1, 0.15) is 31.8 Å². The number of fused-ring (bicyclic) bond motifs is 2. The molecule has 0 fully saturated rings. The van der Waals surface area contributed by atoms with Gasteiger partial charge in [-0.3, -0.25) is 9.36 Å². The zero-order chi connectivity index (χ0) is 27.8. The van der Waals surface area contributed by atoms with Crippen molar-refractivity contribution in [3.8, 4) is 22.6 Å². The average Bonchev–Trinajstić information content (AvgIpc) is 3.52. The predicted molar refractivity (Wildman–Crippen MR) is 152 cm³/mol. The molecule has 1 heterocycles. The van der Waals surface area contributed by atoms with Gasteiger partial charge in [0.2, 0.25) is 0 Å². The first-order valence-electron chi connectivity index (χ1n) is 12.7. The first kappa shape index (κ1) is 24.9. The molecule has 2 N–H and O–H groups in total. The van der Waals surface area contributed by atoms with Gasteiger partial charge in [-0.05, 0) is 46.2 Å². The molecule has 0 radical (unpaired) electrons. The van der Waals surface area contributed by atoms with E-state index >= 15 is 0 Å². The maximum absolute atomic E-state index is 13.3. The van der Waals surface area contributed by atoms with Gasteiger partial charge in [-0.25, -0.2) is 9.78 Å². The SMILES string of the molecule is Cc1ccc(COC(=O)c2cc3ccccc3c(-c3c(O)c(C(=O)n4ccnc4)cc4ccccc34)c2O)cc1. The largest absolute Gasteiger partial charge is 0.506 e. The minimum atomic E-state index is -0.709. The first-order valence-corrected chi connectivity index (χ1v) is 12.7. The summed E-state index contributed by atoms with van der Waals surface area (Å²) in [5, 5.41) is 25.8. The number of aromatic hydroxyl groups is 2. The fourth-order valence-electron chi connectivity index (χ4n) is 4.93. The average molecular weight is 529 g/mol. The Balaban J connectivity index is 1.56. The fraction of sp³-hybridized carbons (Fsp3) is 0.0606. The molecule has 5 aromatic carbocycles. The number of nitrogens with zero attached hydrogens (tertiary/aromatic N) is 2. The highest BCUT2D eigenvalue weighted by molar-refractivity contribution is 6.16. The number of phenols is 2. The number of aromatic nitrogens is 2. The van der Waals surface area contributed by atoms with E-state index < -0.39 is 11.9 Å². The van der Waals surface area contributed by atoms with Crippen molar-refractivity contribution in [2.45, 2.75) is 13.5 Å². The van der Waals surface area contributed by atoms with Crippen LogP contribution in [-0.2, 0) is 11.3 Å². The Morgan fingerprint density at radius 3 is 1.98 bits per heavy atom. The summed E-state index contributed by atoms with van der Waals surface area (Å²) >= 11 is 0. The number of phenolic OH excluding ortho intramolecular Hbond substituents is 2. The minimum Gasteiger partial charge on any atom is -0.506 e. The molecule has 0 unspecified atom stereocenters. The summed E-state index contributed by atoms with van der Waals surface area (Å²) in [7, 11) is 0. The Labute approximate surface area is 229 Å². The highest BCUT2D eigenvalue weighted by atomic mass is 16.5. The van der Waals surface area contributed by atoms with E-state index in [4.69, 9.17) is 4.74 Å². The van der Waals surface area contributed by atoms with Crippen LogP contribution in [-0.4, -0.2) is 31.6 Å². The Hall–Kier alpha value is -5.43. The first-order chi connectivity index (χ1) is 19.4. The molecule has 0 aliphatic carbocycles. The maximum Gasteiger partial charge on any atom is 0.342 e. The molecule has 0 aliphatic rings. The number of aryl methyl sites for hydroxylation is 1. The van der Waals surface area contributed by atoms with Crippen molar-refractivity contribution in [2.24, 2.45) is 0 Å². The van der Waals surface area contributed by atoms with Crippen molar-refractivity contribution < 1.29 is 24.5 Å². The second kappa shape index (κ2) is 10.0. The second-order valence-electron chi connectivity index (χ2n) is 9.57. The molecular weight excluding hydrogens is 504 g/mol. The quantitative estimate of drug-likeness (QED) is 0.244. The lowest BCUT2D eigenvalue weighted by Gasteiger charge is -2.18. The number of hydrogen-bond donors (Lipinski definition) is 2. The molecule has 196 valence electrons. The highest BCUT2D eigenvalue weighted by Crippen LogP contribution is 2.47. The standard InChI is InChI=1S/C33H24N2O5/c1-20-10-12-21(13-11-20)18-40-33(39)27-17-23-7-3-5-9-25(23)29(31(27)37)28-24-8-4-2-6-22(24)16-26(30(28)36)32(38)35-15-14-34-19-35/h2-17,19,36-37H,18H2,1H3. The Kier molecular flexibility index (Phi) is 6.24. The lowest BCUT2D eigenvalue weighted by atomic mass is 9.88. The predicted octanol–water partition coefficient (Wildman–Crippen LogP) is 6.62. The van der Waals surface area contributed by atoms with Gasteiger partial charge in [0.15, 0.2) is 0 Å². The van der Waals surface area contributed by atoms with E-state index in [9.17, 15) is 19.8 Å². The third kappa shape index (κ3) is 4.33. The van der Waals surface area contributed by atoms with E-state index in [1.54, 1.807) is 30.3 Å². The van der Waals surface area contributed by atoms with E-state index in [0.717, 1.165) is 11.1 Å². The number of hydrogen-bond acceptors (Lipinski definition) is 6. The maximum atomic E-state index is 13.3. The van der Waals surface area contributed by atoms with E-state index in [-0.39, 0.29) is 40.4 Å². The number of benzene rings is 5. The van der Waals surface area contributed by atoms with Crippen molar-refractivity contribution in [1.29, 1.82) is 0 Å². The molecule has 6 aromatic rings. The smallest absolute Gasteiger partial charge is 0.342 e. The van der Waals surface area contributed by atoms with Crippen molar-refractivity contribution in [1.82, 2.24) is 9.55 Å². The van der Waals surface area contributed by atoms with Crippen LogP contribution in [0.15, 0.2) is 104 Å². The van der Waals surface area contributed by atoms with Crippen molar-refractivity contribution in [2.75, 3.05) is 0 Å². The van der Waals surface area contributed by atoms with Crippen LogP contribution in [0.5, 0.6) is 11.5 Å². The summed E-state index contributed by atoms with van der Waals surface area (Å²) in [4.78, 5) is 30.6. The second-order valence-corrected chi connectivity index (χ2v) is 9.57. The number of imidazole rings is 1. The Morgan fingerprint density at radius 2 is 1.38 bits per heavy atom. The van der Waals surface area contributed by atoms with E-state index in [2.05, 4.69) is 4.98 Å². The normalized spacial score (nSPS) is 11.1. The van der Waals surface area contributed by atoms with Crippen LogP contribution >= 0.6 is 0 Å². The minimum absolute atomic E-state index is 0.0301. The summed E-state index contributed by atoms with van der Waals surface area (Å²) in [6, 6.07) is 25.3. The van der Waals surface area contributed by atoms with Gasteiger partial charge >= 0.3 is 5.97 Å². The Morgan fingerprint density at radius 1 is 0.800 bits per heavy atom. The summed E-state index contributed by atoms with van der Waals surface area (Å²) in [5.74, 6) is -1.86. The van der Waals surface area contributed by atoms with Crippen molar-refractivity contribution in [3.05, 3.63) is 126 Å². The van der Waals surface area contributed by atoms with Crippen LogP contribution in [0.2, 0.25) is 0 Å². The molecule has 0 saturated heterocycles. The number of rotatable bonds is 5. The van der Waals surface area contributed by atoms with Crippen LogP contribution in [0.4, 0.5) is 0 Å². The molecule has 0 saturated carbocycles. The number of esters is 1. The molecule has 0 spiro atoms. The summed E-state index contributed by atoms with van der Waals surface area (Å²) in [5.41, 5.74) is 2.36. The summed E-state index contributed by atoms with van der Waals surface area (Å²) in [6.45, 7) is 2.01. The van der Waals surface area contributed by atoms with Crippen LogP contribution in [0, 0.1) is 6.92 Å². The van der Waals surface area contributed by atoms with Crippen LogP contribution < -0.4 is 0 Å². The van der Waals surface area contributed by atoms with Crippen LogP contribution in [0.3, 0.4) is 0 Å². The molecule has 6 rings (SSSR count). The third-order valence-electron chi connectivity index (χ3n) is 6.97. The van der Waals surface area contributed by atoms with Crippen molar-refractivity contribution in [3.63, 3.8) is 0 Å². The van der Waals surface area contributed by atoms with E-state index in [1.807, 2.05) is 61.5 Å². The molecule has 0 bridgehead atoms. The highest BCUT2D eigenvalue weighted by Gasteiger charge is 2.26. The topological polar surface area (TPSA) is 102 Å². The van der Waals surface area contributed by atoms with Gasteiger partial charge in [-0.15, -0.1) is 0 Å². The van der Waals surface area contributed by atoms with Crippen molar-refractivity contribution >= 4 is 33.4 Å². The lowest BCUT2D eigenvalue weighted by Crippen LogP contribution is -2.11. The molecule has 1 aromatic heterocycles. The number of carbonyl (C=O) groups is 2. The molecule has 40 heavy (non-hydrogen) atoms. The number of ether oxygens (including phenoxy) is 1. The van der Waals surface area contributed by atoms with Gasteiger partial charge in [-0.2, -0.15) is 0 Å². The fourth-order valence-corrected chi connectivity index (χ4v) is 4.93. The van der Waals surface area contributed by atoms with Crippen LogP contribution in [0.25, 0.3) is 32.7 Å². The van der Waals surface area contributed by atoms with Gasteiger partial charge in [0.25, 0.3) is 5.91 Å². The number of carbonyl (C=O) groups excluding carboxylic acids is 2. The monoisotopic (exact) mass is 528 g/mol. The molecule has 0 amide bonds. The molecular formula is C33H24N2O5. The summed E-state index contributed by atoms with van der Waals surface area (Å²) in [6.07, 6.45) is 4.32. The van der Waals surface area contributed by atoms with E-state index in [1.165, 1.54) is 23.3 Å². The molecule has 0 atom stereocenters. The molecule has 7 heteroatoms.